The molecule has 8 heteroatoms. The van der Waals surface area contributed by atoms with E-state index in [2.05, 4.69) is 0 Å². The molecule has 0 unspecified atom stereocenters. The number of ether oxygens (including phenoxy) is 1. The number of carbonyl (C=O) groups excluding carboxylic acids is 3. The number of aliphatic carboxylic acids is 1. The van der Waals surface area contributed by atoms with Crippen LogP contribution in [0.1, 0.15) is 11.1 Å². The maximum atomic E-state index is 11.5. The molecule has 1 heterocycles. The molecule has 1 aliphatic rings. The van der Waals surface area contributed by atoms with Gasteiger partial charge in [0, 0.05) is 5.56 Å². The first-order valence-corrected chi connectivity index (χ1v) is 5.96. The number of hydrogen-bond donors (Lipinski definition) is 2. The first-order valence-electron chi connectivity index (χ1n) is 5.96. The molecule has 1 aromatic rings. The van der Waals surface area contributed by atoms with E-state index in [1.807, 2.05) is 5.32 Å². The normalized spacial score (nSPS) is 14.3. The number of benzene rings is 1. The Labute approximate surface area is 119 Å². The first-order chi connectivity index (χ1) is 9.92. The number of carbonyl (C=O) groups is 4. The summed E-state index contributed by atoms with van der Waals surface area (Å²) >= 11 is 0. The van der Waals surface area contributed by atoms with Crippen molar-refractivity contribution in [2.75, 3.05) is 7.11 Å². The maximum absolute atomic E-state index is 11.5. The molecule has 4 amide bonds. The maximum Gasteiger partial charge on any atom is 0.331 e. The average molecular weight is 292 g/mol. The second kappa shape index (κ2) is 5.61. The number of hydrogen-bond acceptors (Lipinski definition) is 5. The first kappa shape index (κ1) is 14.5. The van der Waals surface area contributed by atoms with Crippen molar-refractivity contribution in [3.63, 3.8) is 0 Å². The zero-order chi connectivity index (χ0) is 15.6. The number of methoxy groups -OCH3 is 1. The number of rotatable bonds is 5. The fourth-order valence-electron chi connectivity index (χ4n) is 1.99. The minimum absolute atomic E-state index is 0.118. The molecule has 1 saturated heterocycles. The molecule has 1 aromatic carbocycles. The topological polar surface area (TPSA) is 113 Å². The highest BCUT2D eigenvalue weighted by molar-refractivity contribution is 6.44. The van der Waals surface area contributed by atoms with Crippen molar-refractivity contribution in [3.8, 4) is 5.75 Å². The second-order valence-corrected chi connectivity index (χ2v) is 4.37. The van der Waals surface area contributed by atoms with Crippen LogP contribution in [-0.4, -0.2) is 40.9 Å². The van der Waals surface area contributed by atoms with Crippen LogP contribution in [-0.2, 0) is 27.3 Å². The predicted octanol–water partition coefficient (Wildman–Crippen LogP) is -0.0993. The fourth-order valence-corrected chi connectivity index (χ4v) is 1.99. The number of carboxylic acid groups (broad SMARTS) is 1. The van der Waals surface area contributed by atoms with Crippen molar-refractivity contribution in [2.24, 2.45) is 0 Å². The van der Waals surface area contributed by atoms with Crippen molar-refractivity contribution in [2.45, 2.75) is 13.0 Å². The number of nitrogens with one attached hydrogen (secondary N) is 1. The third kappa shape index (κ3) is 2.99. The number of nitrogens with zero attached hydrogens (tertiary/aromatic N) is 1. The standard InChI is InChI=1S/C13H12N2O6/c1-21-9-3-2-7(4-8(9)5-10(16)17)6-15-12(19)11(18)14-13(15)20/h2-4H,5-6H2,1H3,(H,16,17)(H,14,18,20). The van der Waals surface area contributed by atoms with Gasteiger partial charge in [-0.2, -0.15) is 0 Å². The van der Waals surface area contributed by atoms with E-state index >= 15 is 0 Å². The Balaban J connectivity index is 2.25. The Morgan fingerprint density at radius 1 is 1.33 bits per heavy atom. The SMILES string of the molecule is COc1ccc(CN2C(=O)NC(=O)C2=O)cc1CC(=O)O. The molecule has 8 nitrogen and oxygen atoms in total. The Morgan fingerprint density at radius 3 is 2.57 bits per heavy atom. The lowest BCUT2D eigenvalue weighted by Crippen LogP contribution is -2.30. The Kier molecular flexibility index (Phi) is 3.88. The molecule has 1 fully saturated rings. The lowest BCUT2D eigenvalue weighted by molar-refractivity contribution is -0.140. The van der Waals surface area contributed by atoms with Crippen LogP contribution in [0.25, 0.3) is 0 Å². The van der Waals surface area contributed by atoms with E-state index in [1.54, 1.807) is 12.1 Å². The number of carboxylic acids is 1. The summed E-state index contributed by atoms with van der Waals surface area (Å²) in [6, 6.07) is 3.87. The summed E-state index contributed by atoms with van der Waals surface area (Å²) in [7, 11) is 1.41. The molecule has 21 heavy (non-hydrogen) atoms. The lowest BCUT2D eigenvalue weighted by Gasteiger charge is -2.13. The quantitative estimate of drug-likeness (QED) is 0.579. The highest BCUT2D eigenvalue weighted by Gasteiger charge is 2.36. The summed E-state index contributed by atoms with van der Waals surface area (Å²) in [5.41, 5.74) is 0.936. The van der Waals surface area contributed by atoms with Gasteiger partial charge in [0.15, 0.2) is 0 Å². The van der Waals surface area contributed by atoms with E-state index < -0.39 is 23.8 Å². The van der Waals surface area contributed by atoms with Crippen LogP contribution >= 0.6 is 0 Å². The van der Waals surface area contributed by atoms with Gasteiger partial charge in [0.1, 0.15) is 5.75 Å². The molecule has 0 aliphatic carbocycles. The third-order valence-corrected chi connectivity index (χ3v) is 2.93. The molecule has 0 saturated carbocycles. The van der Waals surface area contributed by atoms with E-state index in [4.69, 9.17) is 9.84 Å². The summed E-state index contributed by atoms with van der Waals surface area (Å²) < 4.78 is 5.05. The van der Waals surface area contributed by atoms with Crippen molar-refractivity contribution in [1.82, 2.24) is 10.2 Å². The van der Waals surface area contributed by atoms with Crippen LogP contribution in [0, 0.1) is 0 Å². The largest absolute Gasteiger partial charge is 0.496 e. The lowest BCUT2D eigenvalue weighted by atomic mass is 10.1. The van der Waals surface area contributed by atoms with Gasteiger partial charge in [0.05, 0.1) is 20.1 Å². The number of imide groups is 2. The van der Waals surface area contributed by atoms with Crippen molar-refractivity contribution >= 4 is 23.8 Å². The van der Waals surface area contributed by atoms with Crippen LogP contribution in [0.4, 0.5) is 4.79 Å². The Hall–Kier alpha value is -2.90. The average Bonchev–Trinajstić information content (AvgIpc) is 2.65. The molecule has 0 atom stereocenters. The number of amides is 4. The van der Waals surface area contributed by atoms with Gasteiger partial charge in [0.25, 0.3) is 0 Å². The molecule has 0 spiro atoms. The molecule has 2 rings (SSSR count). The van der Waals surface area contributed by atoms with Crippen LogP contribution in [0.2, 0.25) is 0 Å². The van der Waals surface area contributed by atoms with Gasteiger partial charge in [-0.3, -0.25) is 24.6 Å². The number of urea groups is 1. The highest BCUT2D eigenvalue weighted by atomic mass is 16.5. The molecule has 0 aromatic heterocycles. The van der Waals surface area contributed by atoms with E-state index in [0.717, 1.165) is 4.90 Å². The summed E-state index contributed by atoms with van der Waals surface area (Å²) in [5.74, 6) is -2.54. The zero-order valence-corrected chi connectivity index (χ0v) is 11.1. The van der Waals surface area contributed by atoms with Gasteiger partial charge in [-0.25, -0.2) is 4.79 Å². The molecule has 2 N–H and O–H groups in total. The minimum atomic E-state index is -1.03. The van der Waals surface area contributed by atoms with E-state index in [0.29, 0.717) is 16.9 Å². The van der Waals surface area contributed by atoms with Crippen LogP contribution in [0.15, 0.2) is 18.2 Å². The van der Waals surface area contributed by atoms with Crippen molar-refractivity contribution in [1.29, 1.82) is 0 Å². The Morgan fingerprint density at radius 2 is 2.05 bits per heavy atom. The van der Waals surface area contributed by atoms with Crippen LogP contribution in [0.5, 0.6) is 5.75 Å². The van der Waals surface area contributed by atoms with Gasteiger partial charge >= 0.3 is 23.8 Å². The minimum Gasteiger partial charge on any atom is -0.496 e. The van der Waals surface area contributed by atoms with E-state index in [9.17, 15) is 19.2 Å². The highest BCUT2D eigenvalue weighted by Crippen LogP contribution is 2.22. The smallest absolute Gasteiger partial charge is 0.331 e. The van der Waals surface area contributed by atoms with Crippen molar-refractivity contribution in [3.05, 3.63) is 29.3 Å². The zero-order valence-electron chi connectivity index (χ0n) is 11.1. The van der Waals surface area contributed by atoms with Gasteiger partial charge in [-0.05, 0) is 17.7 Å². The molecule has 110 valence electrons. The second-order valence-electron chi connectivity index (χ2n) is 4.37. The van der Waals surface area contributed by atoms with E-state index in [1.165, 1.54) is 13.2 Å². The summed E-state index contributed by atoms with van der Waals surface area (Å²) in [6.45, 7) is -0.118. The van der Waals surface area contributed by atoms with Gasteiger partial charge in [-0.1, -0.05) is 6.07 Å². The third-order valence-electron chi connectivity index (χ3n) is 2.93. The summed E-state index contributed by atoms with van der Waals surface area (Å²) in [4.78, 5) is 45.6. The molecular formula is C13H12N2O6. The van der Waals surface area contributed by atoms with Gasteiger partial charge in [0.2, 0.25) is 0 Å². The monoisotopic (exact) mass is 292 g/mol. The van der Waals surface area contributed by atoms with Crippen molar-refractivity contribution < 1.29 is 29.0 Å². The predicted molar refractivity (Wildman–Crippen MR) is 68.4 cm³/mol. The summed E-state index contributed by atoms with van der Waals surface area (Å²) in [6.07, 6.45) is -0.254. The van der Waals surface area contributed by atoms with Crippen LogP contribution in [0.3, 0.4) is 0 Å². The Bertz CT molecular complexity index is 640. The molecule has 0 radical (unpaired) electrons. The molecular weight excluding hydrogens is 280 g/mol. The molecule has 0 bridgehead atoms. The van der Waals surface area contributed by atoms with E-state index in [-0.39, 0.29) is 13.0 Å². The summed E-state index contributed by atoms with van der Waals surface area (Å²) in [5, 5.41) is 10.7. The van der Waals surface area contributed by atoms with Gasteiger partial charge < -0.3 is 9.84 Å². The van der Waals surface area contributed by atoms with Crippen LogP contribution < -0.4 is 10.1 Å². The molecule has 1 aliphatic heterocycles. The fraction of sp³-hybridized carbons (Fsp3) is 0.231. The van der Waals surface area contributed by atoms with Gasteiger partial charge in [-0.15, -0.1) is 0 Å².